The molecule has 0 aromatic heterocycles. The van der Waals surface area contributed by atoms with Crippen LogP contribution in [0.15, 0.2) is 24.3 Å². The summed E-state index contributed by atoms with van der Waals surface area (Å²) < 4.78 is 13.9. The maximum Gasteiger partial charge on any atom is 0.225 e. The molecule has 19 heavy (non-hydrogen) atoms. The zero-order valence-corrected chi connectivity index (χ0v) is 11.0. The maximum atomic E-state index is 13.9. The summed E-state index contributed by atoms with van der Waals surface area (Å²) in [5, 5.41) is 2.59. The number of rotatable bonds is 2. The smallest absolute Gasteiger partial charge is 0.225 e. The summed E-state index contributed by atoms with van der Waals surface area (Å²) in [4.78, 5) is 25.2. The number of carbonyl (C=O) groups excluding carboxylic acids is 2. The Balaban J connectivity index is 2.43. The van der Waals surface area contributed by atoms with Crippen LogP contribution >= 0.6 is 0 Å². The van der Waals surface area contributed by atoms with Gasteiger partial charge in [-0.05, 0) is 12.5 Å². The lowest BCUT2D eigenvalue weighted by atomic mass is 9.84. The first-order chi connectivity index (χ1) is 9.06. The van der Waals surface area contributed by atoms with Crippen molar-refractivity contribution in [3.8, 4) is 0 Å². The van der Waals surface area contributed by atoms with E-state index in [1.165, 1.54) is 11.0 Å². The Morgan fingerprint density at radius 3 is 2.74 bits per heavy atom. The molecule has 0 saturated carbocycles. The fraction of sp³-hybridized carbons (Fsp3) is 0.429. The number of benzene rings is 1. The molecule has 0 radical (unpaired) electrons. The third kappa shape index (κ3) is 2.45. The van der Waals surface area contributed by atoms with Crippen molar-refractivity contribution in [3.05, 3.63) is 35.6 Å². The SMILES string of the molecule is CNC(=O)[C@H]1CCC(=O)N(C)[C@H]1c1ccccc1F. The summed E-state index contributed by atoms with van der Waals surface area (Å²) in [5.41, 5.74) is 0.395. The molecule has 4 nitrogen and oxygen atoms in total. The number of nitrogens with zero attached hydrogens (tertiary/aromatic N) is 1. The lowest BCUT2D eigenvalue weighted by Gasteiger charge is -2.38. The van der Waals surface area contributed by atoms with Gasteiger partial charge in [0, 0.05) is 26.1 Å². The van der Waals surface area contributed by atoms with Crippen LogP contribution < -0.4 is 5.32 Å². The molecule has 2 rings (SSSR count). The van der Waals surface area contributed by atoms with E-state index in [9.17, 15) is 14.0 Å². The van der Waals surface area contributed by atoms with Crippen molar-refractivity contribution >= 4 is 11.8 Å². The van der Waals surface area contributed by atoms with Gasteiger partial charge < -0.3 is 10.2 Å². The molecular weight excluding hydrogens is 247 g/mol. The van der Waals surface area contributed by atoms with Gasteiger partial charge in [-0.1, -0.05) is 18.2 Å². The minimum Gasteiger partial charge on any atom is -0.359 e. The van der Waals surface area contributed by atoms with E-state index >= 15 is 0 Å². The molecule has 0 unspecified atom stereocenters. The number of hydrogen-bond acceptors (Lipinski definition) is 2. The molecule has 102 valence electrons. The van der Waals surface area contributed by atoms with E-state index in [4.69, 9.17) is 0 Å². The summed E-state index contributed by atoms with van der Waals surface area (Å²) in [6, 6.07) is 5.75. The van der Waals surface area contributed by atoms with Gasteiger partial charge in [0.2, 0.25) is 11.8 Å². The van der Waals surface area contributed by atoms with E-state index in [-0.39, 0.29) is 17.6 Å². The predicted molar refractivity (Wildman–Crippen MR) is 68.7 cm³/mol. The Hall–Kier alpha value is -1.91. The van der Waals surface area contributed by atoms with Crippen molar-refractivity contribution < 1.29 is 14.0 Å². The lowest BCUT2D eigenvalue weighted by Crippen LogP contribution is -2.46. The fourth-order valence-corrected chi connectivity index (χ4v) is 2.64. The van der Waals surface area contributed by atoms with Crippen LogP contribution in [0.3, 0.4) is 0 Å². The van der Waals surface area contributed by atoms with Crippen LogP contribution in [0.4, 0.5) is 4.39 Å². The quantitative estimate of drug-likeness (QED) is 0.879. The first-order valence-electron chi connectivity index (χ1n) is 6.28. The van der Waals surface area contributed by atoms with Crippen molar-refractivity contribution in [1.29, 1.82) is 0 Å². The highest BCUT2D eigenvalue weighted by atomic mass is 19.1. The maximum absolute atomic E-state index is 13.9. The number of hydrogen-bond donors (Lipinski definition) is 1. The summed E-state index contributed by atoms with van der Waals surface area (Å²) in [6.07, 6.45) is 0.765. The first-order valence-corrected chi connectivity index (χ1v) is 6.28. The van der Waals surface area contributed by atoms with Gasteiger partial charge in [0.05, 0.1) is 12.0 Å². The van der Waals surface area contributed by atoms with Crippen LogP contribution in [0.5, 0.6) is 0 Å². The highest BCUT2D eigenvalue weighted by Crippen LogP contribution is 2.36. The second-order valence-electron chi connectivity index (χ2n) is 4.73. The fourth-order valence-electron chi connectivity index (χ4n) is 2.64. The summed E-state index contributed by atoms with van der Waals surface area (Å²) in [6.45, 7) is 0. The predicted octanol–water partition coefficient (Wildman–Crippen LogP) is 1.48. The summed E-state index contributed by atoms with van der Waals surface area (Å²) in [7, 11) is 3.17. The van der Waals surface area contributed by atoms with E-state index < -0.39 is 12.0 Å². The van der Waals surface area contributed by atoms with E-state index in [0.29, 0.717) is 18.4 Å². The summed E-state index contributed by atoms with van der Waals surface area (Å²) in [5.74, 6) is -1.02. The Kier molecular flexibility index (Phi) is 3.83. The highest BCUT2D eigenvalue weighted by molar-refractivity contribution is 5.84. The number of piperidine rings is 1. The highest BCUT2D eigenvalue weighted by Gasteiger charge is 2.39. The van der Waals surface area contributed by atoms with Crippen LogP contribution in [0, 0.1) is 11.7 Å². The van der Waals surface area contributed by atoms with Crippen LogP contribution in [0.1, 0.15) is 24.4 Å². The Labute approximate surface area is 111 Å². The zero-order valence-electron chi connectivity index (χ0n) is 11.0. The molecule has 1 heterocycles. The van der Waals surface area contributed by atoms with Gasteiger partial charge in [0.15, 0.2) is 0 Å². The monoisotopic (exact) mass is 264 g/mol. The molecule has 0 bridgehead atoms. The number of amides is 2. The summed E-state index contributed by atoms with van der Waals surface area (Å²) >= 11 is 0. The first kappa shape index (κ1) is 13.5. The van der Waals surface area contributed by atoms with Crippen molar-refractivity contribution in [2.45, 2.75) is 18.9 Å². The van der Waals surface area contributed by atoms with Crippen LogP contribution in [0.25, 0.3) is 0 Å². The van der Waals surface area contributed by atoms with Crippen LogP contribution in [-0.2, 0) is 9.59 Å². The topological polar surface area (TPSA) is 49.4 Å². The number of halogens is 1. The average Bonchev–Trinajstić information content (AvgIpc) is 2.42. The van der Waals surface area contributed by atoms with E-state index in [2.05, 4.69) is 5.32 Å². The lowest BCUT2D eigenvalue weighted by molar-refractivity contribution is -0.141. The van der Waals surface area contributed by atoms with Crippen molar-refractivity contribution in [2.24, 2.45) is 5.92 Å². The van der Waals surface area contributed by atoms with Gasteiger partial charge in [-0.2, -0.15) is 0 Å². The van der Waals surface area contributed by atoms with Crippen molar-refractivity contribution in [2.75, 3.05) is 14.1 Å². The average molecular weight is 264 g/mol. The second-order valence-corrected chi connectivity index (χ2v) is 4.73. The van der Waals surface area contributed by atoms with Gasteiger partial charge in [-0.3, -0.25) is 9.59 Å². The second kappa shape index (κ2) is 5.38. The van der Waals surface area contributed by atoms with E-state index in [0.717, 1.165) is 0 Å². The number of carbonyl (C=O) groups is 2. The normalized spacial score (nSPS) is 23.3. The van der Waals surface area contributed by atoms with E-state index in [1.54, 1.807) is 32.3 Å². The molecule has 1 fully saturated rings. The van der Waals surface area contributed by atoms with Gasteiger partial charge in [-0.25, -0.2) is 4.39 Å². The number of nitrogens with one attached hydrogen (secondary N) is 1. The van der Waals surface area contributed by atoms with Gasteiger partial charge in [0.25, 0.3) is 0 Å². The molecule has 1 aliphatic rings. The van der Waals surface area contributed by atoms with Gasteiger partial charge in [-0.15, -0.1) is 0 Å². The molecule has 5 heteroatoms. The molecule has 1 saturated heterocycles. The Morgan fingerprint density at radius 1 is 1.42 bits per heavy atom. The molecule has 0 aliphatic carbocycles. The minimum absolute atomic E-state index is 0.0617. The van der Waals surface area contributed by atoms with Crippen LogP contribution in [0.2, 0.25) is 0 Å². The standard InChI is InChI=1S/C14H17FN2O2/c1-16-14(19)10-7-8-12(18)17(2)13(10)9-5-3-4-6-11(9)15/h3-6,10,13H,7-8H2,1-2H3,(H,16,19)/t10-,13-/m0/s1. The third-order valence-corrected chi connectivity index (χ3v) is 3.67. The Morgan fingerprint density at radius 2 is 2.11 bits per heavy atom. The number of likely N-dealkylation sites (tertiary alicyclic amines) is 1. The molecule has 2 atom stereocenters. The van der Waals surface area contributed by atoms with Crippen LogP contribution in [-0.4, -0.2) is 30.8 Å². The van der Waals surface area contributed by atoms with Gasteiger partial charge in [0.1, 0.15) is 5.82 Å². The third-order valence-electron chi connectivity index (χ3n) is 3.67. The minimum atomic E-state index is -0.539. The molecule has 1 N–H and O–H groups in total. The Bertz CT molecular complexity index is 504. The molecular formula is C14H17FN2O2. The molecule has 1 aliphatic heterocycles. The molecule has 1 aromatic rings. The van der Waals surface area contributed by atoms with Gasteiger partial charge >= 0.3 is 0 Å². The largest absolute Gasteiger partial charge is 0.359 e. The van der Waals surface area contributed by atoms with Crippen molar-refractivity contribution in [1.82, 2.24) is 10.2 Å². The van der Waals surface area contributed by atoms with E-state index in [1.807, 2.05) is 0 Å². The molecule has 1 aromatic carbocycles. The van der Waals surface area contributed by atoms with Crippen molar-refractivity contribution in [3.63, 3.8) is 0 Å². The molecule has 0 spiro atoms. The zero-order chi connectivity index (χ0) is 14.0. The molecule has 2 amide bonds.